The molecular weight excluding hydrogens is 206 g/mol. The zero-order valence-corrected chi connectivity index (χ0v) is 9.41. The highest BCUT2D eigenvalue weighted by Crippen LogP contribution is 2.35. The lowest BCUT2D eigenvalue weighted by Crippen LogP contribution is -2.31. The number of nitrogens with zero attached hydrogens (tertiary/aromatic N) is 1. The molecule has 16 heavy (non-hydrogen) atoms. The number of hydrogen-bond acceptors (Lipinski definition) is 5. The van der Waals surface area contributed by atoms with Crippen LogP contribution in [0, 0.1) is 0 Å². The smallest absolute Gasteiger partial charge is 0.193 e. The molecule has 0 spiro atoms. The lowest BCUT2D eigenvalue weighted by Gasteiger charge is -2.10. The second-order valence-electron chi connectivity index (χ2n) is 3.51. The summed E-state index contributed by atoms with van der Waals surface area (Å²) in [5, 5.41) is 3.01. The zero-order valence-electron chi connectivity index (χ0n) is 9.41. The van der Waals surface area contributed by atoms with Crippen LogP contribution in [0.15, 0.2) is 17.1 Å². The largest absolute Gasteiger partial charge is 0.493 e. The average Bonchev–Trinajstić information content (AvgIpc) is 2.47. The van der Waals surface area contributed by atoms with E-state index in [1.54, 1.807) is 14.2 Å². The monoisotopic (exact) mass is 221 g/mol. The number of aliphatic imine (C=N–C) groups is 1. The zero-order chi connectivity index (χ0) is 11.5. The quantitative estimate of drug-likeness (QED) is 0.775. The number of fused-ring (bicyclic) bond motifs is 1. The van der Waals surface area contributed by atoms with Gasteiger partial charge in [0.05, 0.1) is 19.9 Å². The number of ether oxygens (including phenoxy) is 2. The van der Waals surface area contributed by atoms with Gasteiger partial charge in [0.2, 0.25) is 0 Å². The molecule has 0 amide bonds. The van der Waals surface area contributed by atoms with Crippen LogP contribution in [-0.4, -0.2) is 26.7 Å². The summed E-state index contributed by atoms with van der Waals surface area (Å²) in [5.74, 6) is 1.82. The summed E-state index contributed by atoms with van der Waals surface area (Å²) >= 11 is 0. The van der Waals surface area contributed by atoms with Gasteiger partial charge >= 0.3 is 0 Å². The Labute approximate surface area is 94.3 Å². The molecule has 0 bridgehead atoms. The van der Waals surface area contributed by atoms with Gasteiger partial charge in [-0.15, -0.1) is 0 Å². The number of benzene rings is 1. The summed E-state index contributed by atoms with van der Waals surface area (Å²) in [5.41, 5.74) is 7.61. The third-order valence-corrected chi connectivity index (χ3v) is 2.53. The van der Waals surface area contributed by atoms with Gasteiger partial charge in [-0.3, -0.25) is 0 Å². The van der Waals surface area contributed by atoms with Gasteiger partial charge in [0.1, 0.15) is 0 Å². The van der Waals surface area contributed by atoms with Crippen LogP contribution in [0.4, 0.5) is 5.69 Å². The third kappa shape index (κ3) is 1.88. The van der Waals surface area contributed by atoms with Gasteiger partial charge in [0.25, 0.3) is 0 Å². The van der Waals surface area contributed by atoms with Crippen molar-refractivity contribution in [1.82, 2.24) is 5.32 Å². The minimum atomic E-state index is 0.436. The van der Waals surface area contributed by atoms with Crippen molar-refractivity contribution in [3.8, 4) is 11.5 Å². The summed E-state index contributed by atoms with van der Waals surface area (Å²) in [6.45, 7) is 0.776. The van der Waals surface area contributed by atoms with Gasteiger partial charge in [-0.25, -0.2) is 4.99 Å². The van der Waals surface area contributed by atoms with Crippen molar-refractivity contribution in [1.29, 1.82) is 0 Å². The molecule has 0 atom stereocenters. The topological polar surface area (TPSA) is 68.9 Å². The minimum Gasteiger partial charge on any atom is -0.493 e. The molecule has 5 nitrogen and oxygen atoms in total. The van der Waals surface area contributed by atoms with Crippen LogP contribution in [-0.2, 0) is 6.42 Å². The van der Waals surface area contributed by atoms with Crippen molar-refractivity contribution in [3.05, 3.63) is 17.7 Å². The van der Waals surface area contributed by atoms with Crippen molar-refractivity contribution in [2.24, 2.45) is 10.7 Å². The molecule has 0 aliphatic carbocycles. The van der Waals surface area contributed by atoms with Gasteiger partial charge in [0.15, 0.2) is 17.5 Å². The van der Waals surface area contributed by atoms with Crippen LogP contribution in [0.5, 0.6) is 11.5 Å². The van der Waals surface area contributed by atoms with Crippen LogP contribution in [0.25, 0.3) is 0 Å². The van der Waals surface area contributed by atoms with E-state index in [9.17, 15) is 0 Å². The molecule has 0 unspecified atom stereocenters. The molecule has 2 rings (SSSR count). The van der Waals surface area contributed by atoms with Crippen LogP contribution in [0.3, 0.4) is 0 Å². The molecular formula is C11H15N3O2. The van der Waals surface area contributed by atoms with E-state index in [1.807, 2.05) is 12.1 Å². The van der Waals surface area contributed by atoms with Gasteiger partial charge in [-0.1, -0.05) is 0 Å². The van der Waals surface area contributed by atoms with Gasteiger partial charge in [-0.2, -0.15) is 0 Å². The van der Waals surface area contributed by atoms with Gasteiger partial charge in [0, 0.05) is 12.6 Å². The second-order valence-corrected chi connectivity index (χ2v) is 3.51. The Bertz CT molecular complexity index is 429. The molecule has 0 saturated heterocycles. The number of methoxy groups -OCH3 is 2. The Hall–Kier alpha value is -1.91. The first-order valence-corrected chi connectivity index (χ1v) is 5.07. The Morgan fingerprint density at radius 3 is 2.62 bits per heavy atom. The first-order chi connectivity index (χ1) is 7.74. The second kappa shape index (κ2) is 4.30. The van der Waals surface area contributed by atoms with Crippen molar-refractivity contribution in [2.45, 2.75) is 6.42 Å². The first kappa shape index (κ1) is 10.6. The maximum Gasteiger partial charge on any atom is 0.193 e. The maximum atomic E-state index is 5.68. The summed E-state index contributed by atoms with van der Waals surface area (Å²) in [6, 6.07) is 3.78. The summed E-state index contributed by atoms with van der Waals surface area (Å²) in [4.78, 5) is 4.27. The normalized spacial score (nSPS) is 14.2. The molecule has 0 fully saturated rings. The lowest BCUT2D eigenvalue weighted by atomic mass is 10.1. The third-order valence-electron chi connectivity index (χ3n) is 2.53. The highest BCUT2D eigenvalue weighted by atomic mass is 16.5. The Morgan fingerprint density at radius 2 is 1.94 bits per heavy atom. The van der Waals surface area contributed by atoms with Crippen molar-refractivity contribution < 1.29 is 9.47 Å². The number of nitrogens with one attached hydrogen (secondary N) is 1. The molecule has 86 valence electrons. The molecule has 1 aliphatic heterocycles. The van der Waals surface area contributed by atoms with Gasteiger partial charge in [-0.05, 0) is 18.1 Å². The van der Waals surface area contributed by atoms with Crippen molar-refractivity contribution in [3.63, 3.8) is 0 Å². The highest BCUT2D eigenvalue weighted by molar-refractivity contribution is 5.82. The first-order valence-electron chi connectivity index (χ1n) is 5.07. The number of nitrogens with two attached hydrogens (primary N) is 1. The summed E-state index contributed by atoms with van der Waals surface area (Å²) < 4.78 is 10.5. The SMILES string of the molecule is COc1cc2c(cc1OC)N=C(N)NCC2. The van der Waals surface area contributed by atoms with E-state index in [4.69, 9.17) is 15.2 Å². The fraction of sp³-hybridized carbons (Fsp3) is 0.364. The molecule has 0 aromatic heterocycles. The van der Waals surface area contributed by atoms with E-state index in [2.05, 4.69) is 10.3 Å². The molecule has 1 heterocycles. The van der Waals surface area contributed by atoms with E-state index in [1.165, 1.54) is 0 Å². The van der Waals surface area contributed by atoms with Crippen molar-refractivity contribution in [2.75, 3.05) is 20.8 Å². The van der Waals surface area contributed by atoms with E-state index >= 15 is 0 Å². The fourth-order valence-electron chi connectivity index (χ4n) is 1.71. The van der Waals surface area contributed by atoms with Crippen LogP contribution >= 0.6 is 0 Å². The maximum absolute atomic E-state index is 5.68. The van der Waals surface area contributed by atoms with Crippen LogP contribution in [0.1, 0.15) is 5.56 Å². The molecule has 1 aromatic carbocycles. The Morgan fingerprint density at radius 1 is 1.25 bits per heavy atom. The molecule has 1 aromatic rings. The Balaban J connectivity index is 2.51. The number of guanidine groups is 1. The van der Waals surface area contributed by atoms with E-state index in [-0.39, 0.29) is 0 Å². The van der Waals surface area contributed by atoms with E-state index < -0.39 is 0 Å². The highest BCUT2D eigenvalue weighted by Gasteiger charge is 2.13. The Kier molecular flexibility index (Phi) is 2.85. The predicted molar refractivity (Wildman–Crippen MR) is 62.5 cm³/mol. The van der Waals surface area contributed by atoms with Gasteiger partial charge < -0.3 is 20.5 Å². The van der Waals surface area contributed by atoms with E-state index in [0.717, 1.165) is 30.0 Å². The fourth-order valence-corrected chi connectivity index (χ4v) is 1.71. The van der Waals surface area contributed by atoms with Crippen LogP contribution < -0.4 is 20.5 Å². The lowest BCUT2D eigenvalue weighted by molar-refractivity contribution is 0.354. The van der Waals surface area contributed by atoms with Crippen molar-refractivity contribution >= 4 is 11.6 Å². The molecule has 1 aliphatic rings. The molecule has 5 heteroatoms. The minimum absolute atomic E-state index is 0.436. The summed E-state index contributed by atoms with van der Waals surface area (Å²) in [7, 11) is 3.23. The molecule has 0 radical (unpaired) electrons. The molecule has 0 saturated carbocycles. The summed E-state index contributed by atoms with van der Waals surface area (Å²) in [6.07, 6.45) is 0.861. The van der Waals surface area contributed by atoms with Crippen LogP contribution in [0.2, 0.25) is 0 Å². The van der Waals surface area contributed by atoms with E-state index in [0.29, 0.717) is 11.7 Å². The predicted octanol–water partition coefficient (Wildman–Crippen LogP) is 0.796. The number of hydrogen-bond donors (Lipinski definition) is 2. The molecule has 3 N–H and O–H groups in total. The average molecular weight is 221 g/mol. The number of rotatable bonds is 2. The standard InChI is InChI=1S/C11H15N3O2/c1-15-9-5-7-3-4-13-11(12)14-8(7)6-10(9)16-2/h5-6H,3-4H2,1-2H3,(H3,12,13,14).